The van der Waals surface area contributed by atoms with Gasteiger partial charge in [-0.3, -0.25) is 9.78 Å². The zero-order valence-electron chi connectivity index (χ0n) is 20.4. The molecule has 0 fully saturated rings. The van der Waals surface area contributed by atoms with Crippen molar-refractivity contribution in [1.82, 2.24) is 9.88 Å². The molecule has 1 heterocycles. The highest BCUT2D eigenvalue weighted by Gasteiger charge is 2.37. The van der Waals surface area contributed by atoms with Gasteiger partial charge in [0.1, 0.15) is 0 Å². The number of pyridine rings is 1. The summed E-state index contributed by atoms with van der Waals surface area (Å²) in [6, 6.07) is 8.83. The number of benzene rings is 1. The number of hydrogen-bond acceptors (Lipinski definition) is 2. The monoisotopic (exact) mass is 418 g/mol. The van der Waals surface area contributed by atoms with Crippen molar-refractivity contribution >= 4 is 11.5 Å². The van der Waals surface area contributed by atoms with Gasteiger partial charge in [-0.15, -0.1) is 0 Å². The quantitative estimate of drug-likeness (QED) is 0.532. The van der Waals surface area contributed by atoms with Crippen LogP contribution in [-0.2, 0) is 22.2 Å². The van der Waals surface area contributed by atoms with Crippen LogP contribution < -0.4 is 0 Å². The van der Waals surface area contributed by atoms with Gasteiger partial charge in [0.05, 0.1) is 5.69 Å². The first-order chi connectivity index (χ1) is 14.5. The molecule has 2 aromatic rings. The normalized spacial score (nSPS) is 16.5. The number of aryl methyl sites for hydroxylation is 1. The third-order valence-corrected chi connectivity index (χ3v) is 6.97. The summed E-state index contributed by atoms with van der Waals surface area (Å²) in [7, 11) is 1.85. The van der Waals surface area contributed by atoms with E-state index in [1.807, 2.05) is 26.2 Å². The molecular formula is C28H38N2O. The van der Waals surface area contributed by atoms with E-state index in [4.69, 9.17) is 4.98 Å². The van der Waals surface area contributed by atoms with E-state index in [1.54, 1.807) is 4.90 Å². The molecule has 3 nitrogen and oxygen atoms in total. The maximum Gasteiger partial charge on any atom is 0.222 e. The first-order valence-corrected chi connectivity index (χ1v) is 11.5. The highest BCUT2D eigenvalue weighted by molar-refractivity contribution is 5.79. The highest BCUT2D eigenvalue weighted by Crippen LogP contribution is 2.47. The second-order valence-electron chi connectivity index (χ2n) is 10.5. The Bertz CT molecular complexity index is 983. The Hall–Kier alpha value is -2.42. The summed E-state index contributed by atoms with van der Waals surface area (Å²) in [6.45, 7) is 18.6. The van der Waals surface area contributed by atoms with Gasteiger partial charge in [-0.25, -0.2) is 0 Å². The smallest absolute Gasteiger partial charge is 0.222 e. The summed E-state index contributed by atoms with van der Waals surface area (Å²) in [6.07, 6.45) is 5.74. The van der Waals surface area contributed by atoms with Gasteiger partial charge in [-0.1, -0.05) is 53.3 Å². The lowest BCUT2D eigenvalue weighted by atomic mass is 9.62. The predicted molar refractivity (Wildman–Crippen MR) is 130 cm³/mol. The summed E-state index contributed by atoms with van der Waals surface area (Å²) in [5.41, 5.74) is 8.61. The topological polar surface area (TPSA) is 33.2 Å². The van der Waals surface area contributed by atoms with Gasteiger partial charge >= 0.3 is 0 Å². The van der Waals surface area contributed by atoms with Crippen LogP contribution in [0.3, 0.4) is 0 Å². The van der Waals surface area contributed by atoms with E-state index in [2.05, 4.69) is 59.4 Å². The van der Waals surface area contributed by atoms with Crippen molar-refractivity contribution in [3.8, 4) is 0 Å². The van der Waals surface area contributed by atoms with E-state index in [1.165, 1.54) is 35.1 Å². The van der Waals surface area contributed by atoms with Gasteiger partial charge < -0.3 is 4.90 Å². The standard InChI is InChI=1S/C28H38N2O/c1-9-10-26(31)30(8)18-21-11-12-25(29-17-21)20(3)22-16-24-23(15-19(22)2)27(4,5)13-14-28(24,6)7/h11-12,15-17H,3,9-10,13-14,18H2,1-2,4-8H3. The summed E-state index contributed by atoms with van der Waals surface area (Å²) in [5.74, 6) is 0.172. The van der Waals surface area contributed by atoms with Gasteiger partial charge in [-0.2, -0.15) is 0 Å². The minimum atomic E-state index is 0.167. The Morgan fingerprint density at radius 2 is 1.71 bits per heavy atom. The van der Waals surface area contributed by atoms with Crippen LogP contribution in [0.1, 0.15) is 93.8 Å². The van der Waals surface area contributed by atoms with Crippen molar-refractivity contribution in [2.24, 2.45) is 0 Å². The molecule has 0 radical (unpaired) electrons. The van der Waals surface area contributed by atoms with E-state index in [-0.39, 0.29) is 16.7 Å². The highest BCUT2D eigenvalue weighted by atomic mass is 16.2. The van der Waals surface area contributed by atoms with Crippen molar-refractivity contribution < 1.29 is 4.79 Å². The average Bonchev–Trinajstić information content (AvgIpc) is 2.71. The van der Waals surface area contributed by atoms with Crippen LogP contribution in [0.4, 0.5) is 0 Å². The number of nitrogens with zero attached hydrogens (tertiary/aromatic N) is 2. The van der Waals surface area contributed by atoms with Gasteiger partial charge in [0.15, 0.2) is 0 Å². The van der Waals surface area contributed by atoms with Crippen LogP contribution in [0.5, 0.6) is 0 Å². The molecule has 166 valence electrons. The maximum absolute atomic E-state index is 12.1. The number of carbonyl (C=O) groups excluding carboxylic acids is 1. The van der Waals surface area contributed by atoms with Crippen LogP contribution in [-0.4, -0.2) is 22.8 Å². The van der Waals surface area contributed by atoms with Gasteiger partial charge in [0.25, 0.3) is 0 Å². The molecule has 1 aliphatic rings. The molecule has 31 heavy (non-hydrogen) atoms. The Kier molecular flexibility index (Phi) is 6.45. The summed E-state index contributed by atoms with van der Waals surface area (Å²) in [4.78, 5) is 18.5. The predicted octanol–water partition coefficient (Wildman–Crippen LogP) is 6.56. The summed E-state index contributed by atoms with van der Waals surface area (Å²) >= 11 is 0. The minimum absolute atomic E-state index is 0.167. The number of rotatable bonds is 6. The molecule has 0 atom stereocenters. The van der Waals surface area contributed by atoms with Crippen LogP contribution in [0.15, 0.2) is 37.0 Å². The van der Waals surface area contributed by atoms with Gasteiger partial charge in [0.2, 0.25) is 5.91 Å². The molecular weight excluding hydrogens is 380 g/mol. The van der Waals surface area contributed by atoms with E-state index < -0.39 is 0 Å². The Balaban J connectivity index is 1.87. The largest absolute Gasteiger partial charge is 0.341 e. The molecule has 1 aromatic carbocycles. The lowest BCUT2D eigenvalue weighted by molar-refractivity contribution is -0.130. The Labute approximate surface area is 188 Å². The van der Waals surface area contributed by atoms with Crippen LogP contribution >= 0.6 is 0 Å². The minimum Gasteiger partial charge on any atom is -0.341 e. The Morgan fingerprint density at radius 1 is 1.10 bits per heavy atom. The molecule has 0 aliphatic heterocycles. The molecule has 0 saturated heterocycles. The second kappa shape index (κ2) is 8.61. The lowest BCUT2D eigenvalue weighted by Gasteiger charge is -2.42. The van der Waals surface area contributed by atoms with Gasteiger partial charge in [-0.05, 0) is 77.0 Å². The molecule has 1 amide bonds. The zero-order chi connectivity index (χ0) is 23.0. The first kappa shape index (κ1) is 23.2. The molecule has 1 aliphatic carbocycles. The van der Waals surface area contributed by atoms with Crippen LogP contribution in [0.25, 0.3) is 5.57 Å². The molecule has 3 rings (SSSR count). The van der Waals surface area contributed by atoms with Crippen molar-refractivity contribution in [2.45, 2.75) is 84.6 Å². The summed E-state index contributed by atoms with van der Waals surface area (Å²) in [5, 5.41) is 0. The van der Waals surface area contributed by atoms with E-state index >= 15 is 0 Å². The van der Waals surface area contributed by atoms with E-state index in [0.29, 0.717) is 13.0 Å². The second-order valence-corrected chi connectivity index (χ2v) is 10.5. The molecule has 1 aromatic heterocycles. The van der Waals surface area contributed by atoms with Gasteiger partial charge in [0, 0.05) is 31.8 Å². The zero-order valence-corrected chi connectivity index (χ0v) is 20.4. The van der Waals surface area contributed by atoms with E-state index in [9.17, 15) is 4.79 Å². The van der Waals surface area contributed by atoms with E-state index in [0.717, 1.165) is 23.3 Å². The third-order valence-electron chi connectivity index (χ3n) is 6.97. The SMILES string of the molecule is C=C(c1ccc(CN(C)C(=O)CCC)cn1)c1cc2c(cc1C)C(C)(C)CCC2(C)C. The van der Waals surface area contributed by atoms with Crippen molar-refractivity contribution in [3.05, 3.63) is 70.6 Å². The van der Waals surface area contributed by atoms with Crippen molar-refractivity contribution in [3.63, 3.8) is 0 Å². The van der Waals surface area contributed by atoms with Crippen LogP contribution in [0, 0.1) is 6.92 Å². The number of amides is 1. The van der Waals surface area contributed by atoms with Crippen molar-refractivity contribution in [2.75, 3.05) is 7.05 Å². The number of carbonyl (C=O) groups is 1. The molecule has 3 heteroatoms. The number of hydrogen-bond donors (Lipinski definition) is 0. The fourth-order valence-electron chi connectivity index (χ4n) is 4.65. The molecule has 0 unspecified atom stereocenters. The Morgan fingerprint density at radius 3 is 2.26 bits per heavy atom. The third kappa shape index (κ3) is 4.76. The molecule has 0 bridgehead atoms. The maximum atomic E-state index is 12.1. The number of fused-ring (bicyclic) bond motifs is 1. The molecule has 0 saturated carbocycles. The average molecular weight is 419 g/mol. The molecule has 0 N–H and O–H groups in total. The lowest BCUT2D eigenvalue weighted by Crippen LogP contribution is -2.34. The van der Waals surface area contributed by atoms with Crippen LogP contribution in [0.2, 0.25) is 0 Å². The summed E-state index contributed by atoms with van der Waals surface area (Å²) < 4.78 is 0. The fraction of sp³-hybridized carbons (Fsp3) is 0.500. The van der Waals surface area contributed by atoms with Crippen molar-refractivity contribution in [1.29, 1.82) is 0 Å². The first-order valence-electron chi connectivity index (χ1n) is 11.5. The number of aromatic nitrogens is 1. The molecule has 0 spiro atoms. The fourth-order valence-corrected chi connectivity index (χ4v) is 4.65.